The van der Waals surface area contributed by atoms with Crippen LogP contribution in [-0.4, -0.2) is 25.0 Å². The summed E-state index contributed by atoms with van der Waals surface area (Å²) in [5.41, 5.74) is 0. The lowest BCUT2D eigenvalue weighted by Crippen LogP contribution is -2.49. The first-order valence-electron chi connectivity index (χ1n) is 6.02. The van der Waals surface area contributed by atoms with Crippen LogP contribution in [0.15, 0.2) is 0 Å². The molecule has 0 aromatic carbocycles. The minimum Gasteiger partial charge on any atom is -0.358 e. The largest absolute Gasteiger partial charge is 0.358 e. The Labute approximate surface area is 93.0 Å². The smallest absolute Gasteiger partial charge is 0.237 e. The fraction of sp³-hybridized carbons (Fsp3) is 0.917. The standard InChI is InChI=1S/C12H24N2O/c1-8(2)11(12(15)13-4)14-10-6-5-9(3)7-10/h8-11,14H,5-7H2,1-4H3,(H,13,15). The third-order valence-corrected chi connectivity index (χ3v) is 3.31. The molecule has 3 unspecified atom stereocenters. The fourth-order valence-corrected chi connectivity index (χ4v) is 2.34. The SMILES string of the molecule is CNC(=O)C(NC1CCC(C)C1)C(C)C. The van der Waals surface area contributed by atoms with Gasteiger partial charge in [0.25, 0.3) is 0 Å². The Bertz CT molecular complexity index is 216. The Morgan fingerprint density at radius 1 is 1.33 bits per heavy atom. The minimum absolute atomic E-state index is 0.0368. The topological polar surface area (TPSA) is 41.1 Å². The molecule has 1 rings (SSSR count). The Balaban J connectivity index is 2.48. The van der Waals surface area contributed by atoms with Crippen LogP contribution in [0.3, 0.4) is 0 Å². The number of rotatable bonds is 4. The molecule has 88 valence electrons. The van der Waals surface area contributed by atoms with E-state index < -0.39 is 0 Å². The van der Waals surface area contributed by atoms with Crippen molar-refractivity contribution in [3.63, 3.8) is 0 Å². The lowest BCUT2D eigenvalue weighted by Gasteiger charge is -2.24. The molecule has 0 aromatic heterocycles. The van der Waals surface area contributed by atoms with Crippen molar-refractivity contribution in [3.05, 3.63) is 0 Å². The molecule has 3 nitrogen and oxygen atoms in total. The Kier molecular flexibility index (Phi) is 4.58. The van der Waals surface area contributed by atoms with Gasteiger partial charge in [0.1, 0.15) is 0 Å². The van der Waals surface area contributed by atoms with Gasteiger partial charge in [0.15, 0.2) is 0 Å². The first kappa shape index (κ1) is 12.5. The highest BCUT2D eigenvalue weighted by molar-refractivity contribution is 5.81. The summed E-state index contributed by atoms with van der Waals surface area (Å²) in [6.07, 6.45) is 3.71. The molecule has 15 heavy (non-hydrogen) atoms. The van der Waals surface area contributed by atoms with Crippen LogP contribution in [0.4, 0.5) is 0 Å². The number of amides is 1. The molecule has 1 saturated carbocycles. The number of carbonyl (C=O) groups excluding carboxylic acids is 1. The van der Waals surface area contributed by atoms with Crippen LogP contribution < -0.4 is 10.6 Å². The summed E-state index contributed by atoms with van der Waals surface area (Å²) in [6, 6.07) is 0.495. The van der Waals surface area contributed by atoms with E-state index in [0.717, 1.165) is 5.92 Å². The van der Waals surface area contributed by atoms with E-state index in [2.05, 4.69) is 31.4 Å². The van der Waals surface area contributed by atoms with Crippen LogP contribution in [0.2, 0.25) is 0 Å². The number of hydrogen-bond donors (Lipinski definition) is 2. The molecule has 1 amide bonds. The third-order valence-electron chi connectivity index (χ3n) is 3.31. The van der Waals surface area contributed by atoms with E-state index in [1.54, 1.807) is 7.05 Å². The van der Waals surface area contributed by atoms with E-state index in [4.69, 9.17) is 0 Å². The van der Waals surface area contributed by atoms with Crippen LogP contribution in [0.1, 0.15) is 40.0 Å². The van der Waals surface area contributed by atoms with Crippen molar-refractivity contribution in [2.75, 3.05) is 7.05 Å². The van der Waals surface area contributed by atoms with E-state index in [9.17, 15) is 4.79 Å². The van der Waals surface area contributed by atoms with Gasteiger partial charge in [-0.2, -0.15) is 0 Å². The van der Waals surface area contributed by atoms with Gasteiger partial charge in [-0.1, -0.05) is 20.8 Å². The molecule has 1 fully saturated rings. The van der Waals surface area contributed by atoms with Gasteiger partial charge >= 0.3 is 0 Å². The molecular weight excluding hydrogens is 188 g/mol. The number of hydrogen-bond acceptors (Lipinski definition) is 2. The van der Waals surface area contributed by atoms with Crippen molar-refractivity contribution in [1.29, 1.82) is 0 Å². The molecule has 1 aliphatic carbocycles. The summed E-state index contributed by atoms with van der Waals surface area (Å²) in [4.78, 5) is 11.6. The van der Waals surface area contributed by atoms with Crippen molar-refractivity contribution in [2.45, 2.75) is 52.1 Å². The molecule has 2 N–H and O–H groups in total. The Morgan fingerprint density at radius 3 is 2.40 bits per heavy atom. The van der Waals surface area contributed by atoms with Gasteiger partial charge in [0, 0.05) is 13.1 Å². The highest BCUT2D eigenvalue weighted by Gasteiger charge is 2.28. The second-order valence-electron chi connectivity index (χ2n) is 5.12. The monoisotopic (exact) mass is 212 g/mol. The zero-order valence-corrected chi connectivity index (χ0v) is 10.3. The molecule has 1 aliphatic rings. The Hall–Kier alpha value is -0.570. The molecule has 0 heterocycles. The molecule has 0 saturated heterocycles. The average Bonchev–Trinajstić information content (AvgIpc) is 2.59. The number of nitrogens with one attached hydrogen (secondary N) is 2. The van der Waals surface area contributed by atoms with Gasteiger partial charge in [0.2, 0.25) is 5.91 Å². The van der Waals surface area contributed by atoms with Crippen LogP contribution >= 0.6 is 0 Å². The first-order valence-corrected chi connectivity index (χ1v) is 6.02. The quantitative estimate of drug-likeness (QED) is 0.742. The maximum absolute atomic E-state index is 11.6. The van der Waals surface area contributed by atoms with Crippen LogP contribution in [0.5, 0.6) is 0 Å². The normalized spacial score (nSPS) is 28.1. The molecule has 0 aliphatic heterocycles. The van der Waals surface area contributed by atoms with E-state index in [1.165, 1.54) is 19.3 Å². The second-order valence-corrected chi connectivity index (χ2v) is 5.12. The third kappa shape index (κ3) is 3.49. The fourth-order valence-electron chi connectivity index (χ4n) is 2.34. The number of carbonyl (C=O) groups is 1. The summed E-state index contributed by atoms with van der Waals surface area (Å²) in [6.45, 7) is 6.46. The van der Waals surface area contributed by atoms with Gasteiger partial charge in [-0.05, 0) is 31.1 Å². The van der Waals surface area contributed by atoms with E-state index in [-0.39, 0.29) is 11.9 Å². The summed E-state index contributed by atoms with van der Waals surface area (Å²) >= 11 is 0. The van der Waals surface area contributed by atoms with E-state index >= 15 is 0 Å². The predicted octanol–water partition coefficient (Wildman–Crippen LogP) is 1.54. The Morgan fingerprint density at radius 2 is 2.00 bits per heavy atom. The zero-order valence-electron chi connectivity index (χ0n) is 10.3. The van der Waals surface area contributed by atoms with Gasteiger partial charge < -0.3 is 10.6 Å². The van der Waals surface area contributed by atoms with E-state index in [0.29, 0.717) is 12.0 Å². The molecule has 0 bridgehead atoms. The van der Waals surface area contributed by atoms with E-state index in [1.807, 2.05) is 0 Å². The summed E-state index contributed by atoms with van der Waals surface area (Å²) in [5.74, 6) is 1.27. The highest BCUT2D eigenvalue weighted by atomic mass is 16.2. The van der Waals surface area contributed by atoms with Gasteiger partial charge in [-0.3, -0.25) is 4.79 Å². The first-order chi connectivity index (χ1) is 7.04. The summed E-state index contributed by atoms with van der Waals surface area (Å²) in [5, 5.41) is 6.21. The molecule has 0 aromatic rings. The van der Waals surface area contributed by atoms with Crippen molar-refractivity contribution < 1.29 is 4.79 Å². The zero-order chi connectivity index (χ0) is 11.4. The minimum atomic E-state index is -0.0368. The molecule has 3 atom stereocenters. The maximum Gasteiger partial charge on any atom is 0.237 e. The van der Waals surface area contributed by atoms with Crippen molar-refractivity contribution in [2.24, 2.45) is 11.8 Å². The van der Waals surface area contributed by atoms with Crippen molar-refractivity contribution >= 4 is 5.91 Å². The average molecular weight is 212 g/mol. The molecule has 3 heteroatoms. The van der Waals surface area contributed by atoms with Crippen LogP contribution in [0, 0.1) is 11.8 Å². The second kappa shape index (κ2) is 5.50. The summed E-state index contributed by atoms with van der Waals surface area (Å²) in [7, 11) is 1.71. The highest BCUT2D eigenvalue weighted by Crippen LogP contribution is 2.25. The van der Waals surface area contributed by atoms with Gasteiger partial charge in [0.05, 0.1) is 6.04 Å². The van der Waals surface area contributed by atoms with Crippen LogP contribution in [0.25, 0.3) is 0 Å². The molecule has 0 spiro atoms. The van der Waals surface area contributed by atoms with Crippen molar-refractivity contribution in [1.82, 2.24) is 10.6 Å². The predicted molar refractivity (Wildman–Crippen MR) is 62.6 cm³/mol. The van der Waals surface area contributed by atoms with Crippen molar-refractivity contribution in [3.8, 4) is 0 Å². The van der Waals surface area contributed by atoms with Crippen LogP contribution in [-0.2, 0) is 4.79 Å². The lowest BCUT2D eigenvalue weighted by molar-refractivity contribution is -0.123. The molecule has 0 radical (unpaired) electrons. The van der Waals surface area contributed by atoms with Gasteiger partial charge in [-0.25, -0.2) is 0 Å². The van der Waals surface area contributed by atoms with Gasteiger partial charge in [-0.15, -0.1) is 0 Å². The lowest BCUT2D eigenvalue weighted by atomic mass is 10.0. The maximum atomic E-state index is 11.6. The molecular formula is C12H24N2O. The summed E-state index contributed by atoms with van der Waals surface area (Å²) < 4.78 is 0. The number of likely N-dealkylation sites (N-methyl/N-ethyl adjacent to an activating group) is 1.